The van der Waals surface area contributed by atoms with Gasteiger partial charge in [-0.3, -0.25) is 0 Å². The van der Waals surface area contributed by atoms with Crippen molar-refractivity contribution < 1.29 is 22.3 Å². The third-order valence-electron chi connectivity index (χ3n) is 2.87. The van der Waals surface area contributed by atoms with Crippen molar-refractivity contribution in [2.45, 2.75) is 26.0 Å². The van der Waals surface area contributed by atoms with Crippen molar-refractivity contribution in [1.29, 1.82) is 0 Å². The van der Waals surface area contributed by atoms with Crippen LogP contribution in [0, 0.1) is 23.5 Å². The van der Waals surface area contributed by atoms with Crippen molar-refractivity contribution in [2.24, 2.45) is 0 Å². The molecule has 2 unspecified atom stereocenters. The molecule has 1 aliphatic rings. The second-order valence-electron chi connectivity index (χ2n) is 4.32. The van der Waals surface area contributed by atoms with E-state index in [1.54, 1.807) is 13.8 Å². The Morgan fingerprint density at radius 2 is 1.67 bits per heavy atom. The SMILES string of the molecule is CC1CN(c2c(F)c(F)nc(F)c2F)C(C)CO1. The summed E-state index contributed by atoms with van der Waals surface area (Å²) in [4.78, 5) is 3.79. The van der Waals surface area contributed by atoms with Crippen molar-refractivity contribution in [3.8, 4) is 0 Å². The largest absolute Gasteiger partial charge is 0.375 e. The molecule has 1 aromatic heterocycles. The van der Waals surface area contributed by atoms with Crippen LogP contribution in [0.25, 0.3) is 0 Å². The average molecular weight is 264 g/mol. The molecular formula is C11H12F4N2O. The van der Waals surface area contributed by atoms with Crippen LogP contribution in [0.5, 0.6) is 0 Å². The molecule has 1 fully saturated rings. The van der Waals surface area contributed by atoms with Crippen molar-refractivity contribution in [1.82, 2.24) is 4.98 Å². The molecule has 7 heteroatoms. The molecule has 1 aromatic rings. The van der Waals surface area contributed by atoms with E-state index in [1.165, 1.54) is 4.90 Å². The summed E-state index contributed by atoms with van der Waals surface area (Å²) >= 11 is 0. The standard InChI is InChI=1S/C11H12F4N2O/c1-5-4-18-6(2)3-17(5)9-7(12)10(14)16-11(15)8(9)13/h5-6H,3-4H2,1-2H3. The van der Waals surface area contributed by atoms with Gasteiger partial charge >= 0.3 is 0 Å². The summed E-state index contributed by atoms with van der Waals surface area (Å²) in [5.41, 5.74) is -0.720. The lowest BCUT2D eigenvalue weighted by Crippen LogP contribution is -2.48. The second-order valence-corrected chi connectivity index (χ2v) is 4.32. The van der Waals surface area contributed by atoms with Crippen molar-refractivity contribution in [3.05, 3.63) is 23.5 Å². The third kappa shape index (κ3) is 2.14. The molecule has 2 atom stereocenters. The van der Waals surface area contributed by atoms with Crippen LogP contribution in [0.15, 0.2) is 0 Å². The number of hydrogen-bond donors (Lipinski definition) is 0. The lowest BCUT2D eigenvalue weighted by molar-refractivity contribution is 0.0336. The van der Waals surface area contributed by atoms with Crippen LogP contribution in [-0.2, 0) is 4.74 Å². The number of anilines is 1. The molecule has 2 heterocycles. The second kappa shape index (κ2) is 4.72. The van der Waals surface area contributed by atoms with E-state index < -0.39 is 29.2 Å². The Morgan fingerprint density at radius 3 is 2.22 bits per heavy atom. The molecular weight excluding hydrogens is 252 g/mol. The molecule has 3 nitrogen and oxygen atoms in total. The first-order chi connectivity index (χ1) is 8.41. The first-order valence-electron chi connectivity index (χ1n) is 5.50. The Balaban J connectivity index is 2.49. The average Bonchev–Trinajstić information content (AvgIpc) is 2.31. The normalized spacial score (nSPS) is 24.4. The molecule has 0 spiro atoms. The molecule has 1 aliphatic heterocycles. The van der Waals surface area contributed by atoms with Crippen LogP contribution in [-0.4, -0.2) is 30.3 Å². The molecule has 100 valence electrons. The highest BCUT2D eigenvalue weighted by Gasteiger charge is 2.31. The fourth-order valence-corrected chi connectivity index (χ4v) is 1.94. The van der Waals surface area contributed by atoms with Gasteiger partial charge in [-0.05, 0) is 13.8 Å². The van der Waals surface area contributed by atoms with E-state index in [-0.39, 0.29) is 25.3 Å². The lowest BCUT2D eigenvalue weighted by Gasteiger charge is -2.38. The first kappa shape index (κ1) is 13.1. The van der Waals surface area contributed by atoms with E-state index in [0.717, 1.165) is 0 Å². The zero-order valence-electron chi connectivity index (χ0n) is 9.88. The zero-order valence-corrected chi connectivity index (χ0v) is 9.88. The van der Waals surface area contributed by atoms with Crippen LogP contribution in [0.1, 0.15) is 13.8 Å². The molecule has 0 N–H and O–H groups in total. The number of morpholine rings is 1. The van der Waals surface area contributed by atoms with Gasteiger partial charge in [0.15, 0.2) is 0 Å². The van der Waals surface area contributed by atoms with E-state index in [0.29, 0.717) is 0 Å². The maximum Gasteiger partial charge on any atom is 0.253 e. The summed E-state index contributed by atoms with van der Waals surface area (Å²) < 4.78 is 58.6. The molecule has 2 rings (SSSR count). The summed E-state index contributed by atoms with van der Waals surface area (Å²) in [5.74, 6) is -6.24. The fraction of sp³-hybridized carbons (Fsp3) is 0.545. The minimum atomic E-state index is -1.64. The third-order valence-corrected chi connectivity index (χ3v) is 2.87. The Labute approximate surface area is 101 Å². The summed E-state index contributed by atoms with van der Waals surface area (Å²) in [6.45, 7) is 3.74. The molecule has 0 amide bonds. The summed E-state index contributed by atoms with van der Waals surface area (Å²) in [6.07, 6.45) is -0.278. The maximum absolute atomic E-state index is 13.6. The van der Waals surface area contributed by atoms with E-state index >= 15 is 0 Å². The quantitative estimate of drug-likeness (QED) is 0.574. The van der Waals surface area contributed by atoms with E-state index in [9.17, 15) is 17.6 Å². The molecule has 0 bridgehead atoms. The van der Waals surface area contributed by atoms with Gasteiger partial charge in [0.1, 0.15) is 5.69 Å². The highest BCUT2D eigenvalue weighted by Crippen LogP contribution is 2.29. The van der Waals surface area contributed by atoms with Crippen molar-refractivity contribution in [2.75, 3.05) is 18.1 Å². The Bertz CT molecular complexity index is 443. The smallest absolute Gasteiger partial charge is 0.253 e. The lowest BCUT2D eigenvalue weighted by atomic mass is 10.1. The molecule has 0 aliphatic carbocycles. The predicted molar refractivity (Wildman–Crippen MR) is 56.3 cm³/mol. The number of rotatable bonds is 1. The van der Waals surface area contributed by atoms with E-state index in [1.807, 2.05) is 0 Å². The van der Waals surface area contributed by atoms with Gasteiger partial charge < -0.3 is 9.64 Å². The van der Waals surface area contributed by atoms with Gasteiger partial charge in [0, 0.05) is 12.6 Å². The van der Waals surface area contributed by atoms with Gasteiger partial charge in [-0.1, -0.05) is 0 Å². The molecule has 0 aromatic carbocycles. The van der Waals surface area contributed by atoms with E-state index in [2.05, 4.69) is 4.98 Å². The number of pyridine rings is 1. The van der Waals surface area contributed by atoms with Gasteiger partial charge in [0.2, 0.25) is 11.6 Å². The van der Waals surface area contributed by atoms with Gasteiger partial charge in [0.05, 0.1) is 12.7 Å². The van der Waals surface area contributed by atoms with Crippen LogP contribution in [0.3, 0.4) is 0 Å². The molecule has 0 radical (unpaired) electrons. The van der Waals surface area contributed by atoms with Gasteiger partial charge in [-0.15, -0.1) is 0 Å². The first-order valence-corrected chi connectivity index (χ1v) is 5.50. The minimum Gasteiger partial charge on any atom is -0.375 e. The van der Waals surface area contributed by atoms with Crippen LogP contribution in [0.4, 0.5) is 23.2 Å². The van der Waals surface area contributed by atoms with Crippen molar-refractivity contribution >= 4 is 5.69 Å². The summed E-state index contributed by atoms with van der Waals surface area (Å²) in [6, 6.07) is -0.383. The topological polar surface area (TPSA) is 25.4 Å². The van der Waals surface area contributed by atoms with Gasteiger partial charge in [-0.2, -0.15) is 22.5 Å². The van der Waals surface area contributed by atoms with Crippen LogP contribution < -0.4 is 4.90 Å². The minimum absolute atomic E-state index is 0.151. The highest BCUT2D eigenvalue weighted by atomic mass is 19.2. The van der Waals surface area contributed by atoms with Crippen molar-refractivity contribution in [3.63, 3.8) is 0 Å². The molecule has 1 saturated heterocycles. The number of aromatic nitrogens is 1. The molecule has 0 saturated carbocycles. The monoisotopic (exact) mass is 264 g/mol. The van der Waals surface area contributed by atoms with Crippen LogP contribution in [0.2, 0.25) is 0 Å². The maximum atomic E-state index is 13.6. The Kier molecular flexibility index (Phi) is 3.43. The number of halogens is 4. The Hall–Kier alpha value is -1.37. The summed E-state index contributed by atoms with van der Waals surface area (Å²) in [5, 5.41) is 0. The predicted octanol–water partition coefficient (Wildman–Crippen LogP) is 2.25. The fourth-order valence-electron chi connectivity index (χ4n) is 1.94. The van der Waals surface area contributed by atoms with Gasteiger partial charge in [-0.25, -0.2) is 0 Å². The summed E-state index contributed by atoms with van der Waals surface area (Å²) in [7, 11) is 0. The number of nitrogens with zero attached hydrogens (tertiary/aromatic N) is 2. The Morgan fingerprint density at radius 1 is 1.11 bits per heavy atom. The van der Waals surface area contributed by atoms with Crippen LogP contribution >= 0.6 is 0 Å². The number of ether oxygens (including phenoxy) is 1. The number of hydrogen-bond acceptors (Lipinski definition) is 3. The van der Waals surface area contributed by atoms with Gasteiger partial charge in [0.25, 0.3) is 11.9 Å². The van der Waals surface area contributed by atoms with E-state index in [4.69, 9.17) is 4.74 Å². The highest BCUT2D eigenvalue weighted by molar-refractivity contribution is 5.50. The molecule has 18 heavy (non-hydrogen) atoms. The zero-order chi connectivity index (χ0) is 13.4.